The lowest BCUT2D eigenvalue weighted by atomic mass is 10.1. The molecule has 0 heterocycles. The highest BCUT2D eigenvalue weighted by Gasteiger charge is 2.18. The van der Waals surface area contributed by atoms with Gasteiger partial charge in [-0.1, -0.05) is 18.3 Å². The lowest BCUT2D eigenvalue weighted by Crippen LogP contribution is -2.31. The average molecular weight is 305 g/mol. The number of thiocarbonyl (C=S) groups is 1. The van der Waals surface area contributed by atoms with E-state index >= 15 is 0 Å². The molecule has 3 N–H and O–H groups in total. The minimum absolute atomic E-state index is 0.0740. The molecule has 0 spiro atoms. The predicted molar refractivity (Wildman–Crippen MR) is 68.7 cm³/mol. The molecule has 0 aliphatic rings. The van der Waals surface area contributed by atoms with Crippen LogP contribution in [0.5, 0.6) is 0 Å². The normalized spacial score (nSPS) is 11.9. The lowest BCUT2D eigenvalue weighted by molar-refractivity contribution is -0.117. The number of nitrogens with one attached hydrogen (secondary N) is 1. The number of carbonyl (C=O) groups excluding carboxylic acids is 1. The number of anilines is 1. The van der Waals surface area contributed by atoms with Crippen LogP contribution in [-0.2, 0) is 4.79 Å². The first-order chi connectivity index (χ1) is 7.43. The first-order valence-corrected chi connectivity index (χ1v) is 5.67. The van der Waals surface area contributed by atoms with E-state index in [9.17, 15) is 9.18 Å². The maximum atomic E-state index is 13.4. The minimum Gasteiger partial charge on any atom is -0.393 e. The van der Waals surface area contributed by atoms with Crippen LogP contribution in [0.2, 0.25) is 0 Å². The number of rotatable bonds is 3. The molecule has 86 valence electrons. The van der Waals surface area contributed by atoms with Gasteiger partial charge < -0.3 is 11.1 Å². The third kappa shape index (κ3) is 2.99. The van der Waals surface area contributed by atoms with E-state index in [1.807, 2.05) is 0 Å². The fourth-order valence-electron chi connectivity index (χ4n) is 0.978. The molecular weight excluding hydrogens is 295 g/mol. The summed E-state index contributed by atoms with van der Waals surface area (Å²) in [5, 5.41) is 2.43. The number of benzene rings is 1. The third-order valence-electron chi connectivity index (χ3n) is 2.03. The number of hydrogen-bond acceptors (Lipinski definition) is 2. The van der Waals surface area contributed by atoms with Crippen LogP contribution in [0.3, 0.4) is 0 Å². The lowest BCUT2D eigenvalue weighted by Gasteiger charge is -2.12. The maximum absolute atomic E-state index is 13.4. The van der Waals surface area contributed by atoms with Crippen LogP contribution in [-0.4, -0.2) is 10.9 Å². The highest BCUT2D eigenvalue weighted by molar-refractivity contribution is 9.10. The summed E-state index contributed by atoms with van der Waals surface area (Å²) < 4.78 is 13.8. The fourth-order valence-corrected chi connectivity index (χ4v) is 1.53. The summed E-state index contributed by atoms with van der Waals surface area (Å²) in [6.45, 7) is 1.56. The Morgan fingerprint density at radius 1 is 1.62 bits per heavy atom. The van der Waals surface area contributed by atoms with E-state index in [1.54, 1.807) is 13.0 Å². The summed E-state index contributed by atoms with van der Waals surface area (Å²) >= 11 is 7.83. The molecule has 1 aromatic carbocycles. The number of amides is 1. The van der Waals surface area contributed by atoms with Gasteiger partial charge in [-0.15, -0.1) is 0 Å². The van der Waals surface area contributed by atoms with Gasteiger partial charge in [0.2, 0.25) is 5.91 Å². The van der Waals surface area contributed by atoms with Gasteiger partial charge in [0, 0.05) is 4.47 Å². The summed E-state index contributed by atoms with van der Waals surface area (Å²) in [6.07, 6.45) is 0. The van der Waals surface area contributed by atoms with Crippen molar-refractivity contribution < 1.29 is 9.18 Å². The summed E-state index contributed by atoms with van der Waals surface area (Å²) in [5.41, 5.74) is 5.42. The predicted octanol–water partition coefficient (Wildman–Crippen LogP) is 2.45. The van der Waals surface area contributed by atoms with Crippen LogP contribution in [0.4, 0.5) is 10.1 Å². The van der Waals surface area contributed by atoms with Crippen molar-refractivity contribution in [2.75, 3.05) is 5.32 Å². The number of halogens is 2. The monoisotopic (exact) mass is 304 g/mol. The van der Waals surface area contributed by atoms with Gasteiger partial charge in [0.05, 0.1) is 16.6 Å². The van der Waals surface area contributed by atoms with Crippen molar-refractivity contribution in [1.29, 1.82) is 0 Å². The Hall–Kier alpha value is -1.01. The Morgan fingerprint density at radius 2 is 2.25 bits per heavy atom. The molecule has 0 bridgehead atoms. The van der Waals surface area contributed by atoms with Gasteiger partial charge in [-0.25, -0.2) is 4.39 Å². The molecular formula is C10H10BrFN2OS. The molecule has 16 heavy (non-hydrogen) atoms. The van der Waals surface area contributed by atoms with Gasteiger partial charge in [0.1, 0.15) is 5.82 Å². The van der Waals surface area contributed by atoms with E-state index in [1.165, 1.54) is 12.1 Å². The van der Waals surface area contributed by atoms with Gasteiger partial charge in [0.15, 0.2) is 0 Å². The number of carbonyl (C=O) groups is 1. The Bertz CT molecular complexity index is 419. The molecule has 1 rings (SSSR count). The zero-order valence-corrected chi connectivity index (χ0v) is 10.9. The van der Waals surface area contributed by atoms with Crippen molar-refractivity contribution in [3.63, 3.8) is 0 Å². The molecule has 0 aliphatic heterocycles. The summed E-state index contributed by atoms with van der Waals surface area (Å²) in [7, 11) is 0. The molecule has 1 amide bonds. The van der Waals surface area contributed by atoms with E-state index in [-0.39, 0.29) is 10.7 Å². The first kappa shape index (κ1) is 13.1. The molecule has 3 nitrogen and oxygen atoms in total. The Balaban J connectivity index is 2.89. The summed E-state index contributed by atoms with van der Waals surface area (Å²) in [4.78, 5) is 11.7. The van der Waals surface area contributed by atoms with Crippen LogP contribution in [0, 0.1) is 11.7 Å². The second-order valence-corrected chi connectivity index (χ2v) is 4.54. The van der Waals surface area contributed by atoms with E-state index in [2.05, 4.69) is 33.5 Å². The molecule has 6 heteroatoms. The number of nitrogens with two attached hydrogens (primary N) is 1. The van der Waals surface area contributed by atoms with Crippen LogP contribution < -0.4 is 11.1 Å². The number of para-hydroxylation sites is 1. The molecule has 0 radical (unpaired) electrons. The largest absolute Gasteiger partial charge is 0.393 e. The van der Waals surface area contributed by atoms with E-state index in [0.29, 0.717) is 4.47 Å². The zero-order chi connectivity index (χ0) is 12.3. The Morgan fingerprint density at radius 3 is 2.75 bits per heavy atom. The van der Waals surface area contributed by atoms with Crippen molar-refractivity contribution in [2.45, 2.75) is 6.92 Å². The minimum atomic E-state index is -0.637. The highest BCUT2D eigenvalue weighted by atomic mass is 79.9. The van der Waals surface area contributed by atoms with Crippen molar-refractivity contribution in [1.82, 2.24) is 0 Å². The molecule has 1 atom stereocenters. The van der Waals surface area contributed by atoms with Crippen molar-refractivity contribution in [3.05, 3.63) is 28.5 Å². The topological polar surface area (TPSA) is 55.1 Å². The average Bonchev–Trinajstić information content (AvgIpc) is 2.22. The molecule has 1 unspecified atom stereocenters. The van der Waals surface area contributed by atoms with Gasteiger partial charge in [-0.3, -0.25) is 4.79 Å². The van der Waals surface area contributed by atoms with Crippen molar-refractivity contribution in [3.8, 4) is 0 Å². The van der Waals surface area contributed by atoms with Gasteiger partial charge in [0.25, 0.3) is 0 Å². The van der Waals surface area contributed by atoms with Crippen molar-refractivity contribution >= 4 is 44.7 Å². The molecule has 0 saturated heterocycles. The Labute approximate surface area is 106 Å². The van der Waals surface area contributed by atoms with Crippen molar-refractivity contribution in [2.24, 2.45) is 11.7 Å². The number of hydrogen-bond donors (Lipinski definition) is 2. The van der Waals surface area contributed by atoms with Gasteiger partial charge in [-0.05, 0) is 35.0 Å². The van der Waals surface area contributed by atoms with Crippen LogP contribution in [0.25, 0.3) is 0 Å². The second-order valence-electron chi connectivity index (χ2n) is 3.21. The van der Waals surface area contributed by atoms with E-state index in [0.717, 1.165) is 0 Å². The molecule has 0 saturated carbocycles. The van der Waals surface area contributed by atoms with E-state index < -0.39 is 17.6 Å². The second kappa shape index (κ2) is 5.36. The Kier molecular flexibility index (Phi) is 4.37. The van der Waals surface area contributed by atoms with Crippen LogP contribution in [0.1, 0.15) is 6.92 Å². The standard InChI is InChI=1S/C10H10BrFN2OS/c1-5(9(13)16)10(15)14-8-6(11)3-2-4-7(8)12/h2-5H,1H3,(H2,13,16)(H,14,15). The molecule has 1 aromatic rings. The van der Waals surface area contributed by atoms with Crippen LogP contribution >= 0.6 is 28.1 Å². The van der Waals surface area contributed by atoms with Crippen LogP contribution in [0.15, 0.2) is 22.7 Å². The first-order valence-electron chi connectivity index (χ1n) is 4.47. The SMILES string of the molecule is CC(C(=O)Nc1c(F)cccc1Br)C(N)=S. The van der Waals surface area contributed by atoms with Gasteiger partial charge >= 0.3 is 0 Å². The quantitative estimate of drug-likeness (QED) is 0.843. The summed E-state index contributed by atoms with van der Waals surface area (Å²) in [6, 6.07) is 4.42. The maximum Gasteiger partial charge on any atom is 0.234 e. The van der Waals surface area contributed by atoms with E-state index in [4.69, 9.17) is 5.73 Å². The highest BCUT2D eigenvalue weighted by Crippen LogP contribution is 2.25. The van der Waals surface area contributed by atoms with Gasteiger partial charge in [-0.2, -0.15) is 0 Å². The summed E-state index contributed by atoms with van der Waals surface area (Å²) in [5.74, 6) is -1.59. The zero-order valence-electron chi connectivity index (χ0n) is 8.46. The third-order valence-corrected chi connectivity index (χ3v) is 3.05. The smallest absolute Gasteiger partial charge is 0.234 e. The molecule has 0 aliphatic carbocycles. The molecule has 0 aromatic heterocycles. The molecule has 0 fully saturated rings. The fraction of sp³-hybridized carbons (Fsp3) is 0.200.